The molecule has 0 spiro atoms. The van der Waals surface area contributed by atoms with Crippen molar-refractivity contribution in [3.63, 3.8) is 0 Å². The number of halogens is 5. The second-order valence-corrected chi connectivity index (χ2v) is 5.60. The van der Waals surface area contributed by atoms with E-state index in [9.17, 15) is 18.0 Å². The molecule has 0 aliphatic carbocycles. The Morgan fingerprint density at radius 3 is 2.56 bits per heavy atom. The van der Waals surface area contributed by atoms with Crippen molar-refractivity contribution in [2.75, 3.05) is 6.54 Å². The molecule has 0 atom stereocenters. The fourth-order valence-corrected chi connectivity index (χ4v) is 2.47. The third kappa shape index (κ3) is 4.61. The zero-order chi connectivity index (χ0) is 18.6. The molecule has 2 N–H and O–H groups in total. The molecular formula is C15H10Cl2F3N3O2. The number of benzene rings is 1. The normalized spacial score (nSPS) is 12.1. The lowest BCUT2D eigenvalue weighted by molar-refractivity contribution is -0.137. The molecule has 1 amide bonds. The number of carbonyl (C=O) groups is 1. The quantitative estimate of drug-likeness (QED) is 0.469. The third-order valence-electron chi connectivity index (χ3n) is 3.10. The van der Waals surface area contributed by atoms with Crippen LogP contribution >= 0.6 is 23.2 Å². The van der Waals surface area contributed by atoms with Crippen LogP contribution in [0.1, 0.15) is 21.6 Å². The maximum Gasteiger partial charge on any atom is 0.417 e. The largest absolute Gasteiger partial charge is 0.417 e. The first kappa shape index (κ1) is 19.0. The van der Waals surface area contributed by atoms with Crippen LogP contribution in [0.25, 0.3) is 0 Å². The van der Waals surface area contributed by atoms with Gasteiger partial charge >= 0.3 is 6.18 Å². The smallest absolute Gasteiger partial charge is 0.411 e. The van der Waals surface area contributed by atoms with E-state index in [1.54, 1.807) is 0 Å². The summed E-state index contributed by atoms with van der Waals surface area (Å²) in [6.07, 6.45) is -3.43. The number of carbonyl (C=O) groups excluding carboxylic acids is 1. The van der Waals surface area contributed by atoms with E-state index in [0.717, 1.165) is 12.1 Å². The first-order chi connectivity index (χ1) is 11.7. The lowest BCUT2D eigenvalue weighted by atomic mass is 10.1. The molecule has 1 heterocycles. The van der Waals surface area contributed by atoms with E-state index in [2.05, 4.69) is 15.5 Å². The van der Waals surface area contributed by atoms with Crippen LogP contribution in [0.15, 0.2) is 41.7 Å². The van der Waals surface area contributed by atoms with Crippen LogP contribution in [0.4, 0.5) is 13.2 Å². The Morgan fingerprint density at radius 2 is 1.96 bits per heavy atom. The lowest BCUT2D eigenvalue weighted by Crippen LogP contribution is -2.32. The molecule has 0 aliphatic rings. The number of hydrogen-bond acceptors (Lipinski definition) is 4. The van der Waals surface area contributed by atoms with E-state index >= 15 is 0 Å². The monoisotopic (exact) mass is 391 g/mol. The molecule has 0 fully saturated rings. The van der Waals surface area contributed by atoms with E-state index in [1.165, 1.54) is 24.4 Å². The van der Waals surface area contributed by atoms with Crippen molar-refractivity contribution in [3.05, 3.63) is 63.4 Å². The van der Waals surface area contributed by atoms with Gasteiger partial charge in [-0.2, -0.15) is 13.2 Å². The van der Waals surface area contributed by atoms with Gasteiger partial charge in [0.15, 0.2) is 0 Å². The van der Waals surface area contributed by atoms with E-state index in [1.807, 2.05) is 0 Å². The zero-order valence-electron chi connectivity index (χ0n) is 12.3. The van der Waals surface area contributed by atoms with Crippen LogP contribution in [0.3, 0.4) is 0 Å². The van der Waals surface area contributed by atoms with E-state index < -0.39 is 29.8 Å². The lowest BCUT2D eigenvalue weighted by Gasteiger charge is -2.13. The van der Waals surface area contributed by atoms with Gasteiger partial charge < -0.3 is 10.5 Å². The van der Waals surface area contributed by atoms with Crippen molar-refractivity contribution in [2.24, 2.45) is 5.16 Å². The van der Waals surface area contributed by atoms with Gasteiger partial charge in [-0.1, -0.05) is 40.5 Å². The molecule has 0 unspecified atom stereocenters. The number of nitrogens with zero attached hydrogens (tertiary/aromatic N) is 2. The Bertz CT molecular complexity index is 826. The van der Waals surface area contributed by atoms with Gasteiger partial charge in [0.25, 0.3) is 5.91 Å². The van der Waals surface area contributed by atoms with Crippen LogP contribution < -0.4 is 5.32 Å². The molecule has 5 nitrogen and oxygen atoms in total. The number of amides is 1. The average Bonchev–Trinajstić information content (AvgIpc) is 2.56. The molecule has 10 heteroatoms. The first-order valence-electron chi connectivity index (χ1n) is 6.70. The fraction of sp³-hybridized carbons (Fsp3) is 0.133. The molecule has 25 heavy (non-hydrogen) atoms. The minimum Gasteiger partial charge on any atom is -0.411 e. The van der Waals surface area contributed by atoms with Crippen LogP contribution in [0.5, 0.6) is 0 Å². The summed E-state index contributed by atoms with van der Waals surface area (Å²) in [4.78, 5) is 16.0. The molecule has 0 saturated heterocycles. The van der Waals surface area contributed by atoms with Crippen LogP contribution in [0, 0.1) is 0 Å². The molecular weight excluding hydrogens is 382 g/mol. The summed E-state index contributed by atoms with van der Waals surface area (Å²) < 4.78 is 38.8. The summed E-state index contributed by atoms with van der Waals surface area (Å²) >= 11 is 11.6. The van der Waals surface area contributed by atoms with Crippen molar-refractivity contribution < 1.29 is 23.2 Å². The molecule has 0 bridgehead atoms. The Balaban J connectivity index is 2.19. The summed E-state index contributed by atoms with van der Waals surface area (Å²) in [5.74, 6) is -0.987. The van der Waals surface area contributed by atoms with Gasteiger partial charge in [-0.3, -0.25) is 9.78 Å². The van der Waals surface area contributed by atoms with Gasteiger partial charge in [-0.15, -0.1) is 0 Å². The second kappa shape index (κ2) is 7.71. The number of oxime groups is 1. The van der Waals surface area contributed by atoms with Crippen molar-refractivity contribution in [2.45, 2.75) is 6.18 Å². The standard InChI is InChI=1S/C15H10Cl2F3N3O2/c16-8-5-11(17)13(21-6-8)12(23-25)7-22-14(24)9-3-1-2-4-10(9)15(18,19)20/h1-6,25H,7H2,(H,22,24)/b23-12+. The predicted octanol–water partition coefficient (Wildman–Crippen LogP) is 4.02. The Labute approximate surface area is 150 Å². The predicted molar refractivity (Wildman–Crippen MR) is 86.4 cm³/mol. The van der Waals surface area contributed by atoms with Crippen LogP contribution in [-0.4, -0.2) is 28.4 Å². The Hall–Kier alpha value is -2.32. The van der Waals surface area contributed by atoms with E-state index in [4.69, 9.17) is 28.4 Å². The molecule has 0 radical (unpaired) electrons. The number of pyridine rings is 1. The van der Waals surface area contributed by atoms with Gasteiger partial charge in [0.05, 0.1) is 27.7 Å². The van der Waals surface area contributed by atoms with Crippen LogP contribution in [0.2, 0.25) is 10.0 Å². The van der Waals surface area contributed by atoms with Crippen molar-refractivity contribution in [1.82, 2.24) is 10.3 Å². The molecule has 0 saturated carbocycles. The number of nitrogens with one attached hydrogen (secondary N) is 1. The fourth-order valence-electron chi connectivity index (χ4n) is 1.98. The van der Waals surface area contributed by atoms with Crippen molar-refractivity contribution in [1.29, 1.82) is 0 Å². The third-order valence-corrected chi connectivity index (χ3v) is 3.59. The summed E-state index contributed by atoms with van der Waals surface area (Å²) in [5, 5.41) is 14.6. The SMILES string of the molecule is O=C(NC/C(=N\O)c1ncc(Cl)cc1Cl)c1ccccc1C(F)(F)F. The molecule has 2 rings (SSSR count). The minimum atomic E-state index is -4.68. The topological polar surface area (TPSA) is 74.6 Å². The minimum absolute atomic E-state index is 0.0398. The highest BCUT2D eigenvalue weighted by molar-refractivity contribution is 6.36. The van der Waals surface area contributed by atoms with Crippen molar-refractivity contribution >= 4 is 34.8 Å². The van der Waals surface area contributed by atoms with E-state index in [-0.39, 0.29) is 21.5 Å². The maximum atomic E-state index is 12.9. The number of alkyl halides is 3. The van der Waals surface area contributed by atoms with Gasteiger partial charge in [0, 0.05) is 6.20 Å². The Morgan fingerprint density at radius 1 is 1.28 bits per heavy atom. The molecule has 132 valence electrons. The number of rotatable bonds is 4. The average molecular weight is 392 g/mol. The van der Waals surface area contributed by atoms with Crippen LogP contribution in [-0.2, 0) is 6.18 Å². The maximum absolute atomic E-state index is 12.9. The van der Waals surface area contributed by atoms with Gasteiger partial charge in [0.1, 0.15) is 11.4 Å². The van der Waals surface area contributed by atoms with E-state index in [0.29, 0.717) is 0 Å². The van der Waals surface area contributed by atoms with Gasteiger partial charge in [-0.05, 0) is 18.2 Å². The molecule has 2 aromatic rings. The van der Waals surface area contributed by atoms with Gasteiger partial charge in [-0.25, -0.2) is 0 Å². The highest BCUT2D eigenvalue weighted by Crippen LogP contribution is 2.31. The van der Waals surface area contributed by atoms with Gasteiger partial charge in [0.2, 0.25) is 0 Å². The first-order valence-corrected chi connectivity index (χ1v) is 7.46. The molecule has 1 aromatic carbocycles. The summed E-state index contributed by atoms with van der Waals surface area (Å²) in [7, 11) is 0. The highest BCUT2D eigenvalue weighted by Gasteiger charge is 2.34. The second-order valence-electron chi connectivity index (χ2n) is 4.76. The Kier molecular flexibility index (Phi) is 5.86. The number of hydrogen-bond donors (Lipinski definition) is 2. The summed E-state index contributed by atoms with van der Waals surface area (Å²) in [6, 6.07) is 5.67. The summed E-state index contributed by atoms with van der Waals surface area (Å²) in [6.45, 7) is -0.393. The van der Waals surface area contributed by atoms with Crippen molar-refractivity contribution in [3.8, 4) is 0 Å². The number of aromatic nitrogens is 1. The molecule has 1 aromatic heterocycles. The summed E-state index contributed by atoms with van der Waals surface area (Å²) in [5.41, 5.74) is -1.72. The highest BCUT2D eigenvalue weighted by atomic mass is 35.5. The molecule has 0 aliphatic heterocycles. The zero-order valence-corrected chi connectivity index (χ0v) is 13.8.